The van der Waals surface area contributed by atoms with E-state index in [0.29, 0.717) is 10.3 Å². The Morgan fingerprint density at radius 3 is 2.82 bits per heavy atom. The fourth-order valence-corrected chi connectivity index (χ4v) is 3.05. The zero-order valence-electron chi connectivity index (χ0n) is 12.3. The number of nitriles is 1. The average molecular weight is 338 g/mol. The molecule has 6 nitrogen and oxygen atoms in total. The maximum Gasteiger partial charge on any atom is 0.237 e. The monoisotopic (exact) mass is 337 g/mol. The number of aromatic nitrogens is 2. The Labute approximate surface area is 137 Å². The second kappa shape index (κ2) is 6.81. The van der Waals surface area contributed by atoms with Gasteiger partial charge in [-0.25, -0.2) is 4.98 Å². The Bertz CT molecular complexity index is 715. The van der Waals surface area contributed by atoms with Crippen molar-refractivity contribution in [1.82, 2.24) is 9.55 Å². The Hall–Kier alpha value is -2.04. The Kier molecular flexibility index (Phi) is 5.06. The molecule has 0 fully saturated rings. The Balaban J connectivity index is 2.46. The quantitative estimate of drug-likeness (QED) is 0.877. The van der Waals surface area contributed by atoms with Gasteiger partial charge in [-0.1, -0.05) is 11.6 Å². The Morgan fingerprint density at radius 1 is 1.59 bits per heavy atom. The highest BCUT2D eigenvalue weighted by Gasteiger charge is 2.20. The third-order valence-electron chi connectivity index (χ3n) is 3.03. The van der Waals surface area contributed by atoms with Crippen molar-refractivity contribution in [3.63, 3.8) is 0 Å². The molecule has 116 valence electrons. The van der Waals surface area contributed by atoms with Crippen LogP contribution in [-0.4, -0.2) is 28.0 Å². The summed E-state index contributed by atoms with van der Waals surface area (Å²) in [5, 5.41) is 9.00. The van der Waals surface area contributed by atoms with Crippen LogP contribution in [0.2, 0.25) is 4.34 Å². The maximum atomic E-state index is 11.3. The zero-order valence-corrected chi connectivity index (χ0v) is 13.9. The molecular weight excluding hydrogens is 322 g/mol. The second-order valence-electron chi connectivity index (χ2n) is 5.00. The van der Waals surface area contributed by atoms with Crippen LogP contribution in [-0.2, 0) is 11.3 Å². The van der Waals surface area contributed by atoms with Gasteiger partial charge in [-0.2, -0.15) is 5.26 Å². The number of imidazole rings is 1. The molecular formula is C14H16ClN5OS. The largest absolute Gasteiger partial charge is 0.368 e. The number of nitrogens with two attached hydrogens (primary N) is 1. The van der Waals surface area contributed by atoms with Gasteiger partial charge in [0.1, 0.15) is 12.2 Å². The van der Waals surface area contributed by atoms with Crippen LogP contribution in [0.5, 0.6) is 0 Å². The van der Waals surface area contributed by atoms with Gasteiger partial charge in [0, 0.05) is 12.2 Å². The van der Waals surface area contributed by atoms with Crippen molar-refractivity contribution in [2.45, 2.75) is 26.4 Å². The topological polar surface area (TPSA) is 87.9 Å². The molecule has 0 aliphatic heterocycles. The smallest absolute Gasteiger partial charge is 0.237 e. The van der Waals surface area contributed by atoms with Crippen molar-refractivity contribution >= 4 is 34.8 Å². The van der Waals surface area contributed by atoms with E-state index in [1.807, 2.05) is 19.9 Å². The standard InChI is InChI=1S/C14H16ClN5OS/c1-9(2)20(8-13(17)21)14-18-10(7-19(14)6-5-16)11-3-4-12(15)22-11/h3-4,7,9H,6,8H2,1-2H3,(H2,17,21). The van der Waals surface area contributed by atoms with E-state index in [0.717, 1.165) is 10.6 Å². The van der Waals surface area contributed by atoms with Gasteiger partial charge < -0.3 is 15.2 Å². The van der Waals surface area contributed by atoms with Crippen LogP contribution in [0.1, 0.15) is 13.8 Å². The highest BCUT2D eigenvalue weighted by Crippen LogP contribution is 2.32. The number of nitrogens with zero attached hydrogens (tertiary/aromatic N) is 4. The van der Waals surface area contributed by atoms with E-state index in [1.54, 1.807) is 21.7 Å². The third kappa shape index (κ3) is 3.59. The summed E-state index contributed by atoms with van der Waals surface area (Å²) >= 11 is 7.37. The van der Waals surface area contributed by atoms with Crippen LogP contribution in [0.3, 0.4) is 0 Å². The molecule has 2 aromatic heterocycles. The lowest BCUT2D eigenvalue weighted by Crippen LogP contribution is -2.40. The van der Waals surface area contributed by atoms with Gasteiger partial charge in [0.15, 0.2) is 0 Å². The lowest BCUT2D eigenvalue weighted by molar-refractivity contribution is -0.116. The number of rotatable bonds is 6. The molecule has 2 rings (SSSR count). The first-order chi connectivity index (χ1) is 10.4. The summed E-state index contributed by atoms with van der Waals surface area (Å²) in [7, 11) is 0. The lowest BCUT2D eigenvalue weighted by Gasteiger charge is -2.26. The van der Waals surface area contributed by atoms with Crippen molar-refractivity contribution in [1.29, 1.82) is 5.26 Å². The van der Waals surface area contributed by atoms with Gasteiger partial charge in [-0.15, -0.1) is 11.3 Å². The number of hydrogen-bond donors (Lipinski definition) is 1. The van der Waals surface area contributed by atoms with E-state index in [-0.39, 0.29) is 19.1 Å². The summed E-state index contributed by atoms with van der Waals surface area (Å²) in [6.07, 6.45) is 1.79. The molecule has 2 heterocycles. The molecule has 0 aromatic carbocycles. The maximum absolute atomic E-state index is 11.3. The van der Waals surface area contributed by atoms with Gasteiger partial charge in [0.25, 0.3) is 0 Å². The predicted molar refractivity (Wildman–Crippen MR) is 87.8 cm³/mol. The first kappa shape index (κ1) is 16.3. The Morgan fingerprint density at radius 2 is 2.32 bits per heavy atom. The molecule has 8 heteroatoms. The summed E-state index contributed by atoms with van der Waals surface area (Å²) in [6, 6.07) is 5.80. The molecule has 0 aliphatic rings. The van der Waals surface area contributed by atoms with Crippen molar-refractivity contribution < 1.29 is 4.79 Å². The minimum absolute atomic E-state index is 0.0205. The van der Waals surface area contributed by atoms with E-state index < -0.39 is 5.91 Å². The molecule has 22 heavy (non-hydrogen) atoms. The van der Waals surface area contributed by atoms with Crippen LogP contribution >= 0.6 is 22.9 Å². The highest BCUT2D eigenvalue weighted by molar-refractivity contribution is 7.19. The molecule has 0 bridgehead atoms. The molecule has 0 aliphatic carbocycles. The lowest BCUT2D eigenvalue weighted by atomic mass is 10.3. The van der Waals surface area contributed by atoms with Crippen molar-refractivity contribution in [2.24, 2.45) is 5.73 Å². The van der Waals surface area contributed by atoms with E-state index in [4.69, 9.17) is 22.6 Å². The fourth-order valence-electron chi connectivity index (χ4n) is 2.05. The number of primary amides is 1. The number of halogens is 1. The van der Waals surface area contributed by atoms with E-state index in [1.165, 1.54) is 11.3 Å². The molecule has 1 amide bonds. The van der Waals surface area contributed by atoms with Gasteiger partial charge in [-0.3, -0.25) is 4.79 Å². The summed E-state index contributed by atoms with van der Waals surface area (Å²) in [5.74, 6) is 0.107. The minimum Gasteiger partial charge on any atom is -0.368 e. The molecule has 0 saturated heterocycles. The normalized spacial score (nSPS) is 10.7. The predicted octanol–water partition coefficient (Wildman–Crippen LogP) is 2.49. The van der Waals surface area contributed by atoms with Crippen molar-refractivity contribution in [3.8, 4) is 16.6 Å². The summed E-state index contributed by atoms with van der Waals surface area (Å²) in [5.41, 5.74) is 6.04. The van der Waals surface area contributed by atoms with Gasteiger partial charge >= 0.3 is 0 Å². The van der Waals surface area contributed by atoms with E-state index >= 15 is 0 Å². The molecule has 0 atom stereocenters. The van der Waals surface area contributed by atoms with Gasteiger partial charge in [-0.05, 0) is 26.0 Å². The zero-order chi connectivity index (χ0) is 16.3. The molecule has 0 spiro atoms. The molecule has 0 saturated carbocycles. The average Bonchev–Trinajstić information content (AvgIpc) is 3.02. The van der Waals surface area contributed by atoms with Crippen LogP contribution in [0.15, 0.2) is 18.3 Å². The number of amides is 1. The molecule has 0 radical (unpaired) electrons. The first-order valence-electron chi connectivity index (χ1n) is 6.67. The van der Waals surface area contributed by atoms with Crippen LogP contribution in [0.25, 0.3) is 10.6 Å². The molecule has 2 N–H and O–H groups in total. The van der Waals surface area contributed by atoms with E-state index in [2.05, 4.69) is 11.1 Å². The fraction of sp³-hybridized carbons (Fsp3) is 0.357. The number of hydrogen-bond acceptors (Lipinski definition) is 5. The van der Waals surface area contributed by atoms with Crippen molar-refractivity contribution in [3.05, 3.63) is 22.7 Å². The number of anilines is 1. The SMILES string of the molecule is CC(C)N(CC(N)=O)c1nc(-c2ccc(Cl)s2)cn1CC#N. The number of carbonyl (C=O) groups is 1. The summed E-state index contributed by atoms with van der Waals surface area (Å²) < 4.78 is 2.38. The second-order valence-corrected chi connectivity index (χ2v) is 6.72. The van der Waals surface area contributed by atoms with Crippen LogP contribution in [0.4, 0.5) is 5.95 Å². The number of carbonyl (C=O) groups excluding carboxylic acids is 1. The van der Waals surface area contributed by atoms with Gasteiger partial charge in [0.05, 0.1) is 21.8 Å². The summed E-state index contributed by atoms with van der Waals surface area (Å²) in [4.78, 5) is 18.6. The summed E-state index contributed by atoms with van der Waals surface area (Å²) in [6.45, 7) is 4.07. The molecule has 0 unspecified atom stereocenters. The molecule has 2 aromatic rings. The first-order valence-corrected chi connectivity index (χ1v) is 7.86. The van der Waals surface area contributed by atoms with Gasteiger partial charge in [0.2, 0.25) is 11.9 Å². The van der Waals surface area contributed by atoms with Crippen molar-refractivity contribution in [2.75, 3.05) is 11.4 Å². The minimum atomic E-state index is -0.444. The van der Waals surface area contributed by atoms with E-state index in [9.17, 15) is 4.79 Å². The number of thiophene rings is 1. The highest BCUT2D eigenvalue weighted by atomic mass is 35.5. The van der Waals surface area contributed by atoms with Crippen LogP contribution in [0, 0.1) is 11.3 Å². The van der Waals surface area contributed by atoms with Crippen LogP contribution < -0.4 is 10.6 Å². The third-order valence-corrected chi connectivity index (χ3v) is 4.28.